The number of carbonyl (C=O) groups excluding carboxylic acids is 1. The van der Waals surface area contributed by atoms with Crippen molar-refractivity contribution in [1.29, 1.82) is 0 Å². The maximum absolute atomic E-state index is 12.5. The summed E-state index contributed by atoms with van der Waals surface area (Å²) in [5, 5.41) is 3.19. The molecule has 24 heavy (non-hydrogen) atoms. The first kappa shape index (κ1) is 20.6. The van der Waals surface area contributed by atoms with Gasteiger partial charge < -0.3 is 19.7 Å². The van der Waals surface area contributed by atoms with Gasteiger partial charge in [0, 0.05) is 13.1 Å². The van der Waals surface area contributed by atoms with Gasteiger partial charge in [0.15, 0.2) is 6.10 Å². The molecule has 2 rings (SSSR count). The van der Waals surface area contributed by atoms with Gasteiger partial charge in [-0.2, -0.15) is 0 Å². The fraction of sp³-hybridized carbons (Fsp3) is 0.611. The van der Waals surface area contributed by atoms with Gasteiger partial charge >= 0.3 is 0 Å². The number of piperidine rings is 1. The molecular weight excluding hydrogens is 328 g/mol. The number of likely N-dealkylation sites (tertiary alicyclic amines) is 1. The Morgan fingerprint density at radius 2 is 1.83 bits per heavy atom. The number of methoxy groups -OCH3 is 1. The number of nitrogens with one attached hydrogen (secondary N) is 1. The third kappa shape index (κ3) is 5.87. The summed E-state index contributed by atoms with van der Waals surface area (Å²) in [4.78, 5) is 14.4. The second-order valence-corrected chi connectivity index (χ2v) is 6.10. The minimum atomic E-state index is -0.461. The van der Waals surface area contributed by atoms with Crippen LogP contribution in [0, 0.1) is 5.92 Å². The highest BCUT2D eigenvalue weighted by Crippen LogP contribution is 2.22. The molecular formula is C18H29ClN2O3. The quantitative estimate of drug-likeness (QED) is 0.816. The first-order chi connectivity index (χ1) is 11.1. The molecule has 136 valence electrons. The van der Waals surface area contributed by atoms with Crippen molar-refractivity contribution in [3.05, 3.63) is 24.3 Å². The summed E-state index contributed by atoms with van der Waals surface area (Å²) < 4.78 is 10.9. The second kappa shape index (κ2) is 10.4. The number of hydrogen-bond donors (Lipinski definition) is 1. The van der Waals surface area contributed by atoms with Crippen molar-refractivity contribution in [2.75, 3.05) is 33.8 Å². The Morgan fingerprint density at radius 3 is 2.38 bits per heavy atom. The maximum atomic E-state index is 12.5. The molecule has 0 radical (unpaired) electrons. The summed E-state index contributed by atoms with van der Waals surface area (Å²) in [5.74, 6) is 2.27. The van der Waals surface area contributed by atoms with Crippen molar-refractivity contribution in [2.45, 2.75) is 32.3 Å². The number of hydrogen-bond acceptors (Lipinski definition) is 4. The monoisotopic (exact) mass is 356 g/mol. The van der Waals surface area contributed by atoms with E-state index in [0.29, 0.717) is 5.75 Å². The van der Waals surface area contributed by atoms with Gasteiger partial charge in [-0.3, -0.25) is 4.79 Å². The number of amides is 1. The van der Waals surface area contributed by atoms with Gasteiger partial charge in [-0.05, 0) is 70.0 Å². The molecule has 1 heterocycles. The molecule has 1 saturated heterocycles. The zero-order valence-corrected chi connectivity index (χ0v) is 15.6. The van der Waals surface area contributed by atoms with Gasteiger partial charge in [0.25, 0.3) is 5.91 Å². The molecule has 1 N–H and O–H groups in total. The zero-order valence-electron chi connectivity index (χ0n) is 14.8. The third-order valence-corrected chi connectivity index (χ3v) is 4.45. The van der Waals surface area contributed by atoms with Gasteiger partial charge in [0.1, 0.15) is 11.5 Å². The molecule has 1 fully saturated rings. The lowest BCUT2D eigenvalue weighted by atomic mass is 9.93. The van der Waals surface area contributed by atoms with E-state index >= 15 is 0 Å². The number of carbonyl (C=O) groups is 1. The third-order valence-electron chi connectivity index (χ3n) is 4.45. The number of ether oxygens (including phenoxy) is 2. The molecule has 0 bridgehead atoms. The van der Waals surface area contributed by atoms with Crippen LogP contribution in [-0.2, 0) is 4.79 Å². The summed E-state index contributed by atoms with van der Waals surface area (Å²) >= 11 is 0. The molecule has 5 nitrogen and oxygen atoms in total. The fourth-order valence-corrected chi connectivity index (χ4v) is 2.96. The van der Waals surface area contributed by atoms with Crippen molar-refractivity contribution in [3.63, 3.8) is 0 Å². The first-order valence-electron chi connectivity index (χ1n) is 8.38. The van der Waals surface area contributed by atoms with Crippen LogP contribution in [0.2, 0.25) is 0 Å². The number of halogens is 1. The lowest BCUT2D eigenvalue weighted by molar-refractivity contribution is -0.139. The van der Waals surface area contributed by atoms with Crippen LogP contribution in [0.4, 0.5) is 0 Å². The maximum Gasteiger partial charge on any atom is 0.263 e. The topological polar surface area (TPSA) is 50.8 Å². The molecule has 1 aromatic rings. The van der Waals surface area contributed by atoms with E-state index in [1.54, 1.807) is 7.11 Å². The zero-order chi connectivity index (χ0) is 16.7. The second-order valence-electron chi connectivity index (χ2n) is 6.10. The van der Waals surface area contributed by atoms with Crippen LogP contribution in [0.15, 0.2) is 24.3 Å². The van der Waals surface area contributed by atoms with Crippen LogP contribution in [-0.4, -0.2) is 50.7 Å². The Morgan fingerprint density at radius 1 is 1.25 bits per heavy atom. The predicted octanol–water partition coefficient (Wildman–Crippen LogP) is 2.73. The molecule has 6 heteroatoms. The van der Waals surface area contributed by atoms with Crippen LogP contribution in [0.3, 0.4) is 0 Å². The van der Waals surface area contributed by atoms with E-state index in [9.17, 15) is 4.79 Å². The summed E-state index contributed by atoms with van der Waals surface area (Å²) in [6.07, 6.45) is 2.90. The Balaban J connectivity index is 0.00000288. The highest BCUT2D eigenvalue weighted by Gasteiger charge is 2.26. The van der Waals surface area contributed by atoms with Crippen LogP contribution in [0.1, 0.15) is 26.2 Å². The molecule has 1 amide bonds. The van der Waals surface area contributed by atoms with Crippen LogP contribution >= 0.6 is 12.4 Å². The van der Waals surface area contributed by atoms with E-state index < -0.39 is 6.10 Å². The van der Waals surface area contributed by atoms with E-state index in [1.165, 1.54) is 6.42 Å². The molecule has 0 spiro atoms. The molecule has 0 aromatic heterocycles. The minimum absolute atomic E-state index is 0. The van der Waals surface area contributed by atoms with Crippen LogP contribution in [0.5, 0.6) is 11.5 Å². The fourth-order valence-electron chi connectivity index (χ4n) is 2.96. The predicted molar refractivity (Wildman–Crippen MR) is 98.2 cm³/mol. The molecule has 1 aromatic carbocycles. The van der Waals surface area contributed by atoms with Crippen molar-refractivity contribution in [1.82, 2.24) is 10.2 Å². The van der Waals surface area contributed by atoms with Gasteiger partial charge in [0.05, 0.1) is 7.11 Å². The number of rotatable bonds is 7. The summed E-state index contributed by atoms with van der Waals surface area (Å²) in [7, 11) is 3.61. The standard InChI is InChI=1S/C18H28N2O3.ClH/c1-14(23-17-6-4-16(22-3)5-7-17)18(21)20-12-9-15(10-13-20)8-11-19-2;/h4-7,14-15,19H,8-13H2,1-3H3;1H. The Hall–Kier alpha value is -1.46. The minimum Gasteiger partial charge on any atom is -0.497 e. The van der Waals surface area contributed by atoms with Gasteiger partial charge in [-0.15, -0.1) is 12.4 Å². The Kier molecular flexibility index (Phi) is 8.93. The molecule has 1 aliphatic rings. The van der Waals surface area contributed by atoms with Crippen molar-refractivity contribution < 1.29 is 14.3 Å². The van der Waals surface area contributed by atoms with Crippen LogP contribution in [0.25, 0.3) is 0 Å². The number of nitrogens with zero attached hydrogens (tertiary/aromatic N) is 1. The lowest BCUT2D eigenvalue weighted by Crippen LogP contribution is -2.45. The molecule has 1 atom stereocenters. The summed E-state index contributed by atoms with van der Waals surface area (Å²) in [5.41, 5.74) is 0. The summed E-state index contributed by atoms with van der Waals surface area (Å²) in [6.45, 7) is 4.54. The highest BCUT2D eigenvalue weighted by molar-refractivity contribution is 5.85. The highest BCUT2D eigenvalue weighted by atomic mass is 35.5. The van der Waals surface area contributed by atoms with E-state index in [0.717, 1.165) is 44.1 Å². The van der Waals surface area contributed by atoms with Crippen LogP contribution < -0.4 is 14.8 Å². The van der Waals surface area contributed by atoms with Gasteiger partial charge in [-0.25, -0.2) is 0 Å². The van der Waals surface area contributed by atoms with E-state index in [-0.39, 0.29) is 18.3 Å². The smallest absolute Gasteiger partial charge is 0.263 e. The van der Waals surface area contributed by atoms with E-state index in [4.69, 9.17) is 9.47 Å². The Bertz CT molecular complexity index is 488. The van der Waals surface area contributed by atoms with Crippen molar-refractivity contribution >= 4 is 18.3 Å². The number of benzene rings is 1. The SMILES string of the molecule is CNCCC1CCN(C(=O)C(C)Oc2ccc(OC)cc2)CC1.Cl. The van der Waals surface area contributed by atoms with E-state index in [2.05, 4.69) is 5.32 Å². The van der Waals surface area contributed by atoms with Gasteiger partial charge in [0.2, 0.25) is 0 Å². The average Bonchev–Trinajstić information content (AvgIpc) is 2.60. The molecule has 1 unspecified atom stereocenters. The first-order valence-corrected chi connectivity index (χ1v) is 8.38. The summed E-state index contributed by atoms with van der Waals surface area (Å²) in [6, 6.07) is 7.32. The molecule has 0 aliphatic carbocycles. The van der Waals surface area contributed by atoms with E-state index in [1.807, 2.05) is 43.1 Å². The normalized spacial score (nSPS) is 16.2. The van der Waals surface area contributed by atoms with Crippen molar-refractivity contribution in [3.8, 4) is 11.5 Å². The average molecular weight is 357 g/mol. The molecule has 1 aliphatic heterocycles. The Labute approximate surface area is 151 Å². The lowest BCUT2D eigenvalue weighted by Gasteiger charge is -2.33. The largest absolute Gasteiger partial charge is 0.497 e. The van der Waals surface area contributed by atoms with Gasteiger partial charge in [-0.1, -0.05) is 0 Å². The molecule has 0 saturated carbocycles. The van der Waals surface area contributed by atoms with Crippen molar-refractivity contribution in [2.24, 2.45) is 5.92 Å².